The molecule has 4 rings (SSSR count). The molecule has 132 valence electrons. The predicted molar refractivity (Wildman–Crippen MR) is 113 cm³/mol. The molecule has 0 bridgehead atoms. The van der Waals surface area contributed by atoms with Gasteiger partial charge in [-0.05, 0) is 60.7 Å². The van der Waals surface area contributed by atoms with Crippen LogP contribution in [0.2, 0.25) is 0 Å². The highest BCUT2D eigenvalue weighted by molar-refractivity contribution is 14.1. The van der Waals surface area contributed by atoms with Crippen molar-refractivity contribution in [2.24, 2.45) is 0 Å². The highest BCUT2D eigenvalue weighted by atomic mass is 127. The second kappa shape index (κ2) is 6.75. The summed E-state index contributed by atoms with van der Waals surface area (Å²) >= 11 is 2.06. The van der Waals surface area contributed by atoms with Crippen LogP contribution in [0.3, 0.4) is 0 Å². The van der Waals surface area contributed by atoms with E-state index in [0.29, 0.717) is 9.15 Å². The summed E-state index contributed by atoms with van der Waals surface area (Å²) in [6.45, 7) is 6.02. The molecule has 0 radical (unpaired) electrons. The van der Waals surface area contributed by atoms with Gasteiger partial charge in [0.1, 0.15) is 15.5 Å². The lowest BCUT2D eigenvalue weighted by Crippen LogP contribution is -2.21. The Hall–Kier alpha value is -2.35. The van der Waals surface area contributed by atoms with E-state index in [2.05, 4.69) is 52.4 Å². The number of para-hydroxylation sites is 2. The lowest BCUT2D eigenvalue weighted by molar-refractivity contribution is 0.555. The van der Waals surface area contributed by atoms with E-state index in [4.69, 9.17) is 4.42 Å². The molecule has 0 saturated carbocycles. The van der Waals surface area contributed by atoms with Crippen LogP contribution in [0.25, 0.3) is 27.7 Å². The van der Waals surface area contributed by atoms with E-state index >= 15 is 0 Å². The Balaban J connectivity index is 2.03. The van der Waals surface area contributed by atoms with Crippen molar-refractivity contribution in [2.45, 2.75) is 13.8 Å². The molecular weight excluding hydrogens is 441 g/mol. The van der Waals surface area contributed by atoms with Gasteiger partial charge in [0.2, 0.25) is 0 Å². The Kier molecular flexibility index (Phi) is 4.44. The minimum absolute atomic E-state index is 0.331. The summed E-state index contributed by atoms with van der Waals surface area (Å²) in [5, 5.41) is 0.896. The van der Waals surface area contributed by atoms with Crippen molar-refractivity contribution in [2.75, 3.05) is 18.0 Å². The molecule has 0 N–H and O–H groups in total. The zero-order valence-electron chi connectivity index (χ0n) is 14.6. The van der Waals surface area contributed by atoms with Gasteiger partial charge in [-0.15, -0.1) is 0 Å². The average Bonchev–Trinajstić information content (AvgIpc) is 3.08. The first-order valence-corrected chi connectivity index (χ1v) is 9.65. The van der Waals surface area contributed by atoms with Gasteiger partial charge in [0.05, 0.1) is 16.7 Å². The second-order valence-corrected chi connectivity index (χ2v) is 7.09. The zero-order chi connectivity index (χ0) is 18.3. The van der Waals surface area contributed by atoms with Crippen molar-refractivity contribution in [3.05, 3.63) is 62.8 Å². The fourth-order valence-corrected chi connectivity index (χ4v) is 3.97. The summed E-state index contributed by atoms with van der Waals surface area (Å²) in [6, 6.07) is 13.9. The SMILES string of the molecule is CCN(CC)c1ccc2c(-n3cnc4ccccc43)c(I)c(=O)oc2c1. The molecule has 2 aromatic carbocycles. The smallest absolute Gasteiger partial charge is 0.351 e. The first-order valence-electron chi connectivity index (χ1n) is 8.57. The second-order valence-electron chi connectivity index (χ2n) is 6.01. The van der Waals surface area contributed by atoms with Gasteiger partial charge < -0.3 is 9.32 Å². The fourth-order valence-electron chi connectivity index (χ4n) is 3.31. The molecule has 2 aromatic heterocycles. The topological polar surface area (TPSA) is 51.3 Å². The molecular formula is C20H18IN3O2. The maximum Gasteiger partial charge on any atom is 0.351 e. The van der Waals surface area contributed by atoms with Crippen LogP contribution >= 0.6 is 22.6 Å². The maximum absolute atomic E-state index is 12.5. The van der Waals surface area contributed by atoms with E-state index in [9.17, 15) is 4.79 Å². The van der Waals surface area contributed by atoms with Crippen LogP contribution < -0.4 is 10.5 Å². The minimum atomic E-state index is -0.331. The summed E-state index contributed by atoms with van der Waals surface area (Å²) in [4.78, 5) is 19.2. The van der Waals surface area contributed by atoms with E-state index in [1.807, 2.05) is 41.0 Å². The van der Waals surface area contributed by atoms with Crippen LogP contribution in [0.5, 0.6) is 0 Å². The molecule has 4 aromatic rings. The van der Waals surface area contributed by atoms with Crippen molar-refractivity contribution >= 4 is 50.3 Å². The van der Waals surface area contributed by atoms with E-state index in [0.717, 1.165) is 40.9 Å². The summed E-state index contributed by atoms with van der Waals surface area (Å²) in [5.41, 5.74) is 3.98. The zero-order valence-corrected chi connectivity index (χ0v) is 16.7. The molecule has 0 atom stereocenters. The number of halogens is 1. The van der Waals surface area contributed by atoms with Gasteiger partial charge in [0.25, 0.3) is 0 Å². The van der Waals surface area contributed by atoms with Crippen molar-refractivity contribution in [3.8, 4) is 5.69 Å². The van der Waals surface area contributed by atoms with E-state index in [-0.39, 0.29) is 5.63 Å². The van der Waals surface area contributed by atoms with Crippen LogP contribution in [0.1, 0.15) is 13.8 Å². The highest BCUT2D eigenvalue weighted by Gasteiger charge is 2.17. The molecule has 0 amide bonds. The van der Waals surface area contributed by atoms with Gasteiger partial charge in [0.15, 0.2) is 0 Å². The molecule has 0 aliphatic rings. The third-order valence-electron chi connectivity index (χ3n) is 4.63. The quantitative estimate of drug-likeness (QED) is 0.331. The average molecular weight is 459 g/mol. The number of benzene rings is 2. The number of hydrogen-bond acceptors (Lipinski definition) is 4. The van der Waals surface area contributed by atoms with Gasteiger partial charge in [-0.2, -0.15) is 0 Å². The highest BCUT2D eigenvalue weighted by Crippen LogP contribution is 2.30. The summed E-state index contributed by atoms with van der Waals surface area (Å²) in [6.07, 6.45) is 1.76. The Labute approximate surface area is 164 Å². The number of hydrogen-bond donors (Lipinski definition) is 0. The van der Waals surface area contributed by atoms with E-state index in [1.165, 1.54) is 0 Å². The van der Waals surface area contributed by atoms with Crippen molar-refractivity contribution < 1.29 is 4.42 Å². The number of fused-ring (bicyclic) bond motifs is 2. The molecule has 0 aliphatic heterocycles. The van der Waals surface area contributed by atoms with Gasteiger partial charge in [-0.1, -0.05) is 12.1 Å². The van der Waals surface area contributed by atoms with Gasteiger partial charge in [0, 0.05) is 30.2 Å². The molecule has 5 nitrogen and oxygen atoms in total. The standard InChI is InChI=1S/C20H18IN3O2/c1-3-23(4-2)13-9-10-14-17(11-13)26-20(25)18(21)19(14)24-12-22-15-7-5-6-8-16(15)24/h5-12H,3-4H2,1-2H3. The molecule has 0 unspecified atom stereocenters. The minimum Gasteiger partial charge on any atom is -0.422 e. The molecule has 0 spiro atoms. The molecule has 26 heavy (non-hydrogen) atoms. The monoisotopic (exact) mass is 459 g/mol. The van der Waals surface area contributed by atoms with E-state index < -0.39 is 0 Å². The van der Waals surface area contributed by atoms with Crippen LogP contribution in [0.4, 0.5) is 5.69 Å². The van der Waals surface area contributed by atoms with Gasteiger partial charge in [-0.3, -0.25) is 4.57 Å². The van der Waals surface area contributed by atoms with Crippen LogP contribution in [0.15, 0.2) is 58.0 Å². The lowest BCUT2D eigenvalue weighted by Gasteiger charge is -2.21. The largest absolute Gasteiger partial charge is 0.422 e. The molecule has 0 fully saturated rings. The fraction of sp³-hybridized carbons (Fsp3) is 0.200. The summed E-state index contributed by atoms with van der Waals surface area (Å²) < 4.78 is 8.12. The van der Waals surface area contributed by atoms with Crippen molar-refractivity contribution in [3.63, 3.8) is 0 Å². The third-order valence-corrected chi connectivity index (χ3v) is 5.58. The molecule has 6 heteroatoms. The molecule has 0 aliphatic carbocycles. The predicted octanol–water partition coefficient (Wildman–Crippen LogP) is 4.58. The van der Waals surface area contributed by atoms with Crippen LogP contribution in [0, 0.1) is 3.57 Å². The first kappa shape index (κ1) is 17.1. The Morgan fingerprint density at radius 2 is 1.92 bits per heavy atom. The lowest BCUT2D eigenvalue weighted by atomic mass is 10.1. The molecule has 2 heterocycles. The van der Waals surface area contributed by atoms with Crippen LogP contribution in [-0.2, 0) is 0 Å². The summed E-state index contributed by atoms with van der Waals surface area (Å²) in [7, 11) is 0. The Morgan fingerprint density at radius 3 is 2.69 bits per heavy atom. The van der Waals surface area contributed by atoms with E-state index in [1.54, 1.807) is 6.33 Å². The third kappa shape index (κ3) is 2.68. The number of rotatable bonds is 4. The van der Waals surface area contributed by atoms with Gasteiger partial charge >= 0.3 is 5.63 Å². The Morgan fingerprint density at radius 1 is 1.15 bits per heavy atom. The normalized spacial score (nSPS) is 11.3. The first-order chi connectivity index (χ1) is 12.6. The summed E-state index contributed by atoms with van der Waals surface area (Å²) in [5.74, 6) is 0. The number of imidazole rings is 1. The van der Waals surface area contributed by atoms with Crippen LogP contribution in [-0.4, -0.2) is 22.6 Å². The maximum atomic E-state index is 12.5. The van der Waals surface area contributed by atoms with Crippen molar-refractivity contribution in [1.82, 2.24) is 9.55 Å². The molecule has 0 saturated heterocycles. The number of aromatic nitrogens is 2. The Bertz CT molecular complexity index is 1160. The van der Waals surface area contributed by atoms with Gasteiger partial charge in [-0.25, -0.2) is 9.78 Å². The van der Waals surface area contributed by atoms with Crippen molar-refractivity contribution in [1.29, 1.82) is 0 Å². The number of nitrogens with zero attached hydrogens (tertiary/aromatic N) is 3. The number of anilines is 1.